The maximum Gasteiger partial charge on any atom is 0.274 e. The third-order valence-electron chi connectivity index (χ3n) is 4.89. The molecule has 1 fully saturated rings. The Hall–Kier alpha value is -2.74. The van der Waals surface area contributed by atoms with Gasteiger partial charge in [0.15, 0.2) is 0 Å². The molecule has 1 aliphatic rings. The van der Waals surface area contributed by atoms with Gasteiger partial charge >= 0.3 is 0 Å². The molecule has 3 rings (SSSR count). The lowest BCUT2D eigenvalue weighted by Crippen LogP contribution is -2.50. The molecule has 2 amide bonds. The first-order chi connectivity index (χ1) is 14.0. The molecule has 0 aromatic carbocycles. The first kappa shape index (κ1) is 21.0. The molecule has 1 saturated heterocycles. The molecular formula is C20H25ClN6O2. The van der Waals surface area contributed by atoms with Gasteiger partial charge in [-0.05, 0) is 19.4 Å². The van der Waals surface area contributed by atoms with Crippen molar-refractivity contribution < 1.29 is 9.59 Å². The van der Waals surface area contributed by atoms with Crippen molar-refractivity contribution in [3.63, 3.8) is 0 Å². The summed E-state index contributed by atoms with van der Waals surface area (Å²) in [4.78, 5) is 36.4. The Morgan fingerprint density at radius 2 is 1.90 bits per heavy atom. The van der Waals surface area contributed by atoms with Crippen LogP contribution in [0.5, 0.6) is 0 Å². The van der Waals surface area contributed by atoms with E-state index in [0.29, 0.717) is 37.0 Å². The highest BCUT2D eigenvalue weighted by atomic mass is 35.5. The van der Waals surface area contributed by atoms with Crippen LogP contribution >= 0.6 is 11.6 Å². The Balaban J connectivity index is 1.57. The van der Waals surface area contributed by atoms with Crippen LogP contribution in [0.1, 0.15) is 41.5 Å². The highest BCUT2D eigenvalue weighted by Gasteiger charge is 2.24. The zero-order valence-electron chi connectivity index (χ0n) is 16.7. The summed E-state index contributed by atoms with van der Waals surface area (Å²) in [7, 11) is 0. The SMILES string of the molecule is CCCCn1nc(C)c(/C=C/C(=O)N2CCN(C(=O)c3cnccn3)CC2)c1Cl. The Morgan fingerprint density at radius 3 is 2.55 bits per heavy atom. The quantitative estimate of drug-likeness (QED) is 0.675. The predicted molar refractivity (Wildman–Crippen MR) is 110 cm³/mol. The van der Waals surface area contributed by atoms with E-state index in [9.17, 15) is 9.59 Å². The molecule has 154 valence electrons. The molecule has 9 heteroatoms. The van der Waals surface area contributed by atoms with Gasteiger partial charge in [-0.15, -0.1) is 0 Å². The van der Waals surface area contributed by atoms with E-state index < -0.39 is 0 Å². The number of hydrogen-bond acceptors (Lipinski definition) is 5. The van der Waals surface area contributed by atoms with Gasteiger partial charge in [0.2, 0.25) is 5.91 Å². The van der Waals surface area contributed by atoms with E-state index in [2.05, 4.69) is 22.0 Å². The normalized spacial score (nSPS) is 14.6. The fourth-order valence-electron chi connectivity index (χ4n) is 3.17. The topological polar surface area (TPSA) is 84.2 Å². The van der Waals surface area contributed by atoms with E-state index in [1.807, 2.05) is 6.92 Å². The van der Waals surface area contributed by atoms with Crippen LogP contribution in [-0.2, 0) is 11.3 Å². The summed E-state index contributed by atoms with van der Waals surface area (Å²) in [6.07, 6.45) is 9.79. The summed E-state index contributed by atoms with van der Waals surface area (Å²) in [5.74, 6) is -0.268. The maximum atomic E-state index is 12.6. The van der Waals surface area contributed by atoms with Gasteiger partial charge in [0.25, 0.3) is 5.91 Å². The van der Waals surface area contributed by atoms with E-state index in [1.165, 1.54) is 24.7 Å². The lowest BCUT2D eigenvalue weighted by atomic mass is 10.2. The second-order valence-electron chi connectivity index (χ2n) is 6.91. The van der Waals surface area contributed by atoms with Crippen LogP contribution < -0.4 is 0 Å². The van der Waals surface area contributed by atoms with Gasteiger partial charge in [0, 0.05) is 56.8 Å². The van der Waals surface area contributed by atoms with E-state index in [1.54, 1.807) is 20.6 Å². The van der Waals surface area contributed by atoms with Crippen molar-refractivity contribution in [3.8, 4) is 0 Å². The molecule has 2 aromatic heterocycles. The minimum Gasteiger partial charge on any atom is -0.336 e. The number of hydrogen-bond donors (Lipinski definition) is 0. The predicted octanol–water partition coefficient (Wildman–Crippen LogP) is 2.43. The monoisotopic (exact) mass is 416 g/mol. The number of halogens is 1. The number of aromatic nitrogens is 4. The molecule has 29 heavy (non-hydrogen) atoms. The molecule has 0 radical (unpaired) electrons. The van der Waals surface area contributed by atoms with Crippen molar-refractivity contribution in [2.45, 2.75) is 33.2 Å². The standard InChI is InChI=1S/C20H25ClN6O2/c1-3-4-9-27-19(21)16(15(2)24-27)5-6-18(28)25-10-12-26(13-11-25)20(29)17-14-22-7-8-23-17/h5-8,14H,3-4,9-13H2,1-2H3/b6-5+. The van der Waals surface area contributed by atoms with Crippen molar-refractivity contribution in [3.05, 3.63) is 46.8 Å². The van der Waals surface area contributed by atoms with Crippen LogP contribution in [0.15, 0.2) is 24.7 Å². The Labute approximate surface area is 175 Å². The van der Waals surface area contributed by atoms with Crippen LogP contribution in [0.2, 0.25) is 5.15 Å². The van der Waals surface area contributed by atoms with E-state index in [-0.39, 0.29) is 11.8 Å². The number of amides is 2. The summed E-state index contributed by atoms with van der Waals surface area (Å²) in [6, 6.07) is 0. The van der Waals surface area contributed by atoms with Crippen molar-refractivity contribution in [2.75, 3.05) is 26.2 Å². The Kier molecular flexibility index (Phi) is 6.98. The van der Waals surface area contributed by atoms with Gasteiger partial charge in [0.1, 0.15) is 10.8 Å². The van der Waals surface area contributed by atoms with Gasteiger partial charge in [0.05, 0.1) is 11.9 Å². The molecule has 2 aromatic rings. The smallest absolute Gasteiger partial charge is 0.274 e. The average Bonchev–Trinajstić information content (AvgIpc) is 3.03. The Bertz CT molecular complexity index is 888. The van der Waals surface area contributed by atoms with E-state index >= 15 is 0 Å². The van der Waals surface area contributed by atoms with E-state index in [0.717, 1.165) is 30.6 Å². The fourth-order valence-corrected chi connectivity index (χ4v) is 3.50. The number of piperazine rings is 1. The molecule has 0 unspecified atom stereocenters. The summed E-state index contributed by atoms with van der Waals surface area (Å²) in [5.41, 5.74) is 1.89. The third-order valence-corrected chi connectivity index (χ3v) is 5.28. The zero-order chi connectivity index (χ0) is 20.8. The van der Waals surface area contributed by atoms with Gasteiger partial charge in [-0.3, -0.25) is 19.3 Å². The molecule has 0 N–H and O–H groups in total. The minimum atomic E-state index is -0.164. The highest BCUT2D eigenvalue weighted by molar-refractivity contribution is 6.31. The third kappa shape index (κ3) is 5.00. The molecule has 0 atom stereocenters. The van der Waals surface area contributed by atoms with Gasteiger partial charge < -0.3 is 9.80 Å². The number of rotatable bonds is 6. The molecule has 3 heterocycles. The van der Waals surface area contributed by atoms with Crippen LogP contribution in [-0.4, -0.2) is 67.5 Å². The first-order valence-electron chi connectivity index (χ1n) is 9.76. The van der Waals surface area contributed by atoms with Gasteiger partial charge in [-0.25, -0.2) is 4.98 Å². The van der Waals surface area contributed by atoms with Crippen LogP contribution in [0.4, 0.5) is 0 Å². The minimum absolute atomic E-state index is 0.103. The van der Waals surface area contributed by atoms with Gasteiger partial charge in [-0.1, -0.05) is 24.9 Å². The Morgan fingerprint density at radius 1 is 1.17 bits per heavy atom. The lowest BCUT2D eigenvalue weighted by Gasteiger charge is -2.34. The second-order valence-corrected chi connectivity index (χ2v) is 7.27. The number of carbonyl (C=O) groups excluding carboxylic acids is 2. The molecule has 1 aliphatic heterocycles. The summed E-state index contributed by atoms with van der Waals surface area (Å²) < 4.78 is 1.78. The second kappa shape index (κ2) is 9.65. The lowest BCUT2D eigenvalue weighted by molar-refractivity contribution is -0.127. The van der Waals surface area contributed by atoms with Crippen LogP contribution in [0.3, 0.4) is 0 Å². The number of nitrogens with zero attached hydrogens (tertiary/aromatic N) is 6. The number of aryl methyl sites for hydroxylation is 2. The van der Waals surface area contributed by atoms with Crippen LogP contribution in [0, 0.1) is 6.92 Å². The maximum absolute atomic E-state index is 12.6. The molecule has 0 spiro atoms. The summed E-state index contributed by atoms with van der Waals surface area (Å²) >= 11 is 6.42. The molecule has 8 nitrogen and oxygen atoms in total. The molecule has 0 aliphatic carbocycles. The molecular weight excluding hydrogens is 392 g/mol. The van der Waals surface area contributed by atoms with Crippen molar-refractivity contribution in [2.24, 2.45) is 0 Å². The van der Waals surface area contributed by atoms with Crippen molar-refractivity contribution in [1.82, 2.24) is 29.5 Å². The highest BCUT2D eigenvalue weighted by Crippen LogP contribution is 2.22. The summed E-state index contributed by atoms with van der Waals surface area (Å²) in [5, 5.41) is 5.00. The van der Waals surface area contributed by atoms with Gasteiger partial charge in [-0.2, -0.15) is 5.10 Å². The van der Waals surface area contributed by atoms with Crippen LogP contribution in [0.25, 0.3) is 6.08 Å². The largest absolute Gasteiger partial charge is 0.336 e. The zero-order valence-corrected chi connectivity index (χ0v) is 17.5. The fraction of sp³-hybridized carbons (Fsp3) is 0.450. The molecule has 0 saturated carbocycles. The average molecular weight is 417 g/mol. The summed E-state index contributed by atoms with van der Waals surface area (Å²) in [6.45, 7) is 6.63. The molecule has 0 bridgehead atoms. The van der Waals surface area contributed by atoms with Crippen molar-refractivity contribution in [1.29, 1.82) is 0 Å². The van der Waals surface area contributed by atoms with E-state index in [4.69, 9.17) is 11.6 Å². The van der Waals surface area contributed by atoms with Crippen molar-refractivity contribution >= 4 is 29.5 Å². The number of carbonyl (C=O) groups is 2. The first-order valence-corrected chi connectivity index (χ1v) is 10.1. The number of unbranched alkanes of at least 4 members (excludes halogenated alkanes) is 1.